The highest BCUT2D eigenvalue weighted by Crippen LogP contribution is 2.18. The first-order chi connectivity index (χ1) is 11.4. The summed E-state index contributed by atoms with van der Waals surface area (Å²) in [5.41, 5.74) is 2.11. The van der Waals surface area contributed by atoms with Crippen LogP contribution in [0.1, 0.15) is 11.5 Å². The van der Waals surface area contributed by atoms with Gasteiger partial charge in [0.2, 0.25) is 11.8 Å². The van der Waals surface area contributed by atoms with Crippen LogP contribution >= 0.6 is 0 Å². The number of nitrogens with zero attached hydrogens (tertiary/aromatic N) is 2. The van der Waals surface area contributed by atoms with Crippen molar-refractivity contribution in [3.05, 3.63) is 66.1 Å². The van der Waals surface area contributed by atoms with E-state index in [9.17, 15) is 0 Å². The largest absolute Gasteiger partial charge is 0.496 e. The van der Waals surface area contributed by atoms with E-state index in [0.717, 1.165) is 24.3 Å². The van der Waals surface area contributed by atoms with Crippen molar-refractivity contribution < 1.29 is 9.15 Å². The Labute approximate surface area is 135 Å². The molecule has 5 heteroatoms. The topological polar surface area (TPSA) is 60.2 Å². The molecule has 0 radical (unpaired) electrons. The third-order valence-corrected chi connectivity index (χ3v) is 3.53. The van der Waals surface area contributed by atoms with Crippen LogP contribution in [0.2, 0.25) is 0 Å². The summed E-state index contributed by atoms with van der Waals surface area (Å²) in [6.07, 6.45) is 0.879. The predicted octanol–water partition coefficient (Wildman–Crippen LogP) is 3.08. The Hall–Kier alpha value is -2.66. The predicted molar refractivity (Wildman–Crippen MR) is 88.1 cm³/mol. The van der Waals surface area contributed by atoms with E-state index in [1.807, 2.05) is 48.5 Å². The average Bonchev–Trinajstić information content (AvgIpc) is 3.09. The highest BCUT2D eigenvalue weighted by Gasteiger charge is 2.07. The smallest absolute Gasteiger partial charge is 0.247 e. The lowest BCUT2D eigenvalue weighted by Crippen LogP contribution is -2.17. The number of rotatable bonds is 7. The van der Waals surface area contributed by atoms with Crippen LogP contribution in [0.3, 0.4) is 0 Å². The third-order valence-electron chi connectivity index (χ3n) is 3.53. The Morgan fingerprint density at radius 1 is 1.00 bits per heavy atom. The molecule has 0 aliphatic rings. The molecule has 0 fully saturated rings. The van der Waals surface area contributed by atoms with Crippen molar-refractivity contribution in [2.24, 2.45) is 0 Å². The van der Waals surface area contributed by atoms with Gasteiger partial charge in [0, 0.05) is 5.56 Å². The molecule has 0 aliphatic carbocycles. The Morgan fingerprint density at radius 2 is 1.78 bits per heavy atom. The van der Waals surface area contributed by atoms with Crippen LogP contribution in [0.4, 0.5) is 0 Å². The van der Waals surface area contributed by atoms with Gasteiger partial charge in [0.1, 0.15) is 5.75 Å². The molecule has 0 amide bonds. The molecule has 1 N–H and O–H groups in total. The first-order valence-corrected chi connectivity index (χ1v) is 7.57. The van der Waals surface area contributed by atoms with Gasteiger partial charge in [-0.2, -0.15) is 0 Å². The summed E-state index contributed by atoms with van der Waals surface area (Å²) in [5, 5.41) is 11.5. The second-order valence-corrected chi connectivity index (χ2v) is 5.11. The van der Waals surface area contributed by atoms with E-state index >= 15 is 0 Å². The van der Waals surface area contributed by atoms with E-state index in [2.05, 4.69) is 21.6 Å². The molecule has 0 atom stereocenters. The van der Waals surface area contributed by atoms with E-state index in [4.69, 9.17) is 9.15 Å². The minimum atomic E-state index is 0.548. The van der Waals surface area contributed by atoms with Gasteiger partial charge in [-0.1, -0.05) is 36.4 Å². The van der Waals surface area contributed by atoms with Crippen LogP contribution in [-0.2, 0) is 13.0 Å². The highest BCUT2D eigenvalue weighted by atomic mass is 16.5. The van der Waals surface area contributed by atoms with Crippen LogP contribution in [0, 0.1) is 0 Å². The maximum absolute atomic E-state index is 5.66. The summed E-state index contributed by atoms with van der Waals surface area (Å²) in [7, 11) is 1.69. The van der Waals surface area contributed by atoms with Crippen LogP contribution in [0.15, 0.2) is 59.0 Å². The van der Waals surface area contributed by atoms with Gasteiger partial charge in [0.15, 0.2) is 0 Å². The Morgan fingerprint density at radius 3 is 2.61 bits per heavy atom. The number of aromatic nitrogens is 2. The van der Waals surface area contributed by atoms with Crippen molar-refractivity contribution in [1.29, 1.82) is 0 Å². The summed E-state index contributed by atoms with van der Waals surface area (Å²) in [5.74, 6) is 2.05. The van der Waals surface area contributed by atoms with Crippen molar-refractivity contribution in [2.75, 3.05) is 13.7 Å². The number of methoxy groups -OCH3 is 1. The first kappa shape index (κ1) is 15.2. The Bertz CT molecular complexity index is 741. The molecule has 0 unspecified atom stereocenters. The fraction of sp³-hybridized carbons (Fsp3) is 0.222. The van der Waals surface area contributed by atoms with E-state index in [1.54, 1.807) is 7.11 Å². The molecule has 0 saturated carbocycles. The van der Waals surface area contributed by atoms with Crippen molar-refractivity contribution in [1.82, 2.24) is 15.5 Å². The number of ether oxygens (including phenoxy) is 1. The van der Waals surface area contributed by atoms with Gasteiger partial charge < -0.3 is 14.5 Å². The van der Waals surface area contributed by atoms with Crippen molar-refractivity contribution in [3.8, 4) is 17.2 Å². The van der Waals surface area contributed by atoms with Crippen molar-refractivity contribution in [3.63, 3.8) is 0 Å². The van der Waals surface area contributed by atoms with Gasteiger partial charge in [-0.05, 0) is 36.7 Å². The van der Waals surface area contributed by atoms with Gasteiger partial charge in [-0.3, -0.25) is 0 Å². The minimum absolute atomic E-state index is 0.548. The number of hydrogen-bond donors (Lipinski definition) is 1. The highest BCUT2D eigenvalue weighted by molar-refractivity contribution is 5.51. The zero-order chi connectivity index (χ0) is 15.9. The Kier molecular flexibility index (Phi) is 5.01. The molecule has 5 nitrogen and oxygen atoms in total. The Balaban J connectivity index is 1.51. The molecule has 0 bridgehead atoms. The summed E-state index contributed by atoms with van der Waals surface area (Å²) in [6, 6.07) is 17.8. The molecule has 0 aliphatic heterocycles. The van der Waals surface area contributed by atoms with Gasteiger partial charge in [0.25, 0.3) is 0 Å². The number of hydrogen-bond acceptors (Lipinski definition) is 5. The first-order valence-electron chi connectivity index (χ1n) is 7.57. The van der Waals surface area contributed by atoms with E-state index < -0.39 is 0 Å². The molecule has 0 saturated heterocycles. The number of para-hydroxylation sites is 1. The van der Waals surface area contributed by atoms with Crippen LogP contribution in [0.5, 0.6) is 5.75 Å². The monoisotopic (exact) mass is 309 g/mol. The van der Waals surface area contributed by atoms with Gasteiger partial charge in [-0.15, -0.1) is 10.2 Å². The normalized spacial score (nSPS) is 10.7. The van der Waals surface area contributed by atoms with E-state index in [-0.39, 0.29) is 0 Å². The van der Waals surface area contributed by atoms with E-state index in [0.29, 0.717) is 18.3 Å². The SMILES string of the molecule is COc1ccccc1CCNCc1nnc(-c2ccccc2)o1. The molecule has 3 rings (SSSR count). The zero-order valence-electron chi connectivity index (χ0n) is 13.0. The second-order valence-electron chi connectivity index (χ2n) is 5.11. The average molecular weight is 309 g/mol. The number of benzene rings is 2. The molecule has 2 aromatic carbocycles. The minimum Gasteiger partial charge on any atom is -0.496 e. The fourth-order valence-corrected chi connectivity index (χ4v) is 2.35. The van der Waals surface area contributed by atoms with Gasteiger partial charge in [0.05, 0.1) is 13.7 Å². The summed E-state index contributed by atoms with van der Waals surface area (Å²) < 4.78 is 11.0. The van der Waals surface area contributed by atoms with Crippen LogP contribution < -0.4 is 10.1 Å². The molecule has 23 heavy (non-hydrogen) atoms. The fourth-order valence-electron chi connectivity index (χ4n) is 2.35. The summed E-state index contributed by atoms with van der Waals surface area (Å²) in [4.78, 5) is 0. The van der Waals surface area contributed by atoms with Crippen LogP contribution in [-0.4, -0.2) is 23.9 Å². The quantitative estimate of drug-likeness (QED) is 0.680. The maximum atomic E-state index is 5.66. The van der Waals surface area contributed by atoms with Crippen molar-refractivity contribution in [2.45, 2.75) is 13.0 Å². The van der Waals surface area contributed by atoms with Crippen molar-refractivity contribution >= 4 is 0 Å². The maximum Gasteiger partial charge on any atom is 0.247 e. The lowest BCUT2D eigenvalue weighted by molar-refractivity contribution is 0.408. The summed E-state index contributed by atoms with van der Waals surface area (Å²) >= 11 is 0. The van der Waals surface area contributed by atoms with Crippen LogP contribution in [0.25, 0.3) is 11.5 Å². The molecule has 3 aromatic rings. The number of nitrogens with one attached hydrogen (secondary N) is 1. The molecule has 1 heterocycles. The summed E-state index contributed by atoms with van der Waals surface area (Å²) in [6.45, 7) is 1.36. The van der Waals surface area contributed by atoms with Gasteiger partial charge in [-0.25, -0.2) is 0 Å². The van der Waals surface area contributed by atoms with E-state index in [1.165, 1.54) is 5.56 Å². The standard InChI is InChI=1S/C18H19N3O2/c1-22-16-10-6-5-7-14(16)11-12-19-13-17-20-21-18(23-17)15-8-3-2-4-9-15/h2-10,19H,11-13H2,1H3. The van der Waals surface area contributed by atoms with Gasteiger partial charge >= 0.3 is 0 Å². The molecular formula is C18H19N3O2. The lowest BCUT2D eigenvalue weighted by Gasteiger charge is -2.07. The zero-order valence-corrected chi connectivity index (χ0v) is 13.0. The lowest BCUT2D eigenvalue weighted by atomic mass is 10.1. The third kappa shape index (κ3) is 3.96. The molecule has 1 aromatic heterocycles. The molecule has 118 valence electrons. The molecular weight excluding hydrogens is 290 g/mol. The second kappa shape index (κ2) is 7.56. The molecule has 0 spiro atoms.